The zero-order valence-corrected chi connectivity index (χ0v) is 11.6. The number of benzene rings is 1. The number of hydrogen-bond acceptors (Lipinski definition) is 3. The number of nitrogens with zero attached hydrogens (tertiary/aromatic N) is 1. The Kier molecular flexibility index (Phi) is 3.41. The highest BCUT2D eigenvalue weighted by molar-refractivity contribution is 6.02. The van der Waals surface area contributed by atoms with Gasteiger partial charge in [0.05, 0.1) is 11.3 Å². The number of aromatic carboxylic acids is 1. The average Bonchev–Trinajstić information content (AvgIpc) is 2.72. The molecular formula is C14H16FNO4. The summed E-state index contributed by atoms with van der Waals surface area (Å²) >= 11 is 0. The molecule has 1 heterocycles. The first-order valence-electron chi connectivity index (χ1n) is 6.26. The van der Waals surface area contributed by atoms with Gasteiger partial charge in [-0.05, 0) is 39.3 Å². The second-order valence-corrected chi connectivity index (χ2v) is 5.61. The lowest BCUT2D eigenvalue weighted by atomic mass is 10.1. The Morgan fingerprint density at radius 2 is 2.00 bits per heavy atom. The van der Waals surface area contributed by atoms with Gasteiger partial charge in [-0.25, -0.2) is 14.0 Å². The van der Waals surface area contributed by atoms with Gasteiger partial charge in [-0.3, -0.25) is 4.90 Å². The van der Waals surface area contributed by atoms with Crippen molar-refractivity contribution in [1.82, 2.24) is 0 Å². The Balaban J connectivity index is 2.43. The van der Waals surface area contributed by atoms with Gasteiger partial charge in [0.15, 0.2) is 0 Å². The summed E-state index contributed by atoms with van der Waals surface area (Å²) in [6, 6.07) is 2.28. The van der Waals surface area contributed by atoms with Crippen molar-refractivity contribution >= 4 is 17.7 Å². The van der Waals surface area contributed by atoms with Crippen LogP contribution in [0.5, 0.6) is 0 Å². The van der Waals surface area contributed by atoms with Gasteiger partial charge < -0.3 is 9.84 Å². The van der Waals surface area contributed by atoms with Crippen molar-refractivity contribution in [1.29, 1.82) is 0 Å². The number of fused-ring (bicyclic) bond motifs is 1. The predicted molar refractivity (Wildman–Crippen MR) is 70.6 cm³/mol. The molecule has 0 saturated carbocycles. The topological polar surface area (TPSA) is 66.8 Å². The number of rotatable bonds is 1. The molecule has 108 valence electrons. The third kappa shape index (κ3) is 2.59. The lowest BCUT2D eigenvalue weighted by molar-refractivity contribution is 0.0584. The number of carboxylic acid groups (broad SMARTS) is 1. The number of carbonyl (C=O) groups excluding carboxylic acids is 1. The minimum absolute atomic E-state index is 0.0928. The highest BCUT2D eigenvalue weighted by Crippen LogP contribution is 2.34. The van der Waals surface area contributed by atoms with Gasteiger partial charge in [0, 0.05) is 12.1 Å². The first-order valence-corrected chi connectivity index (χ1v) is 6.26. The fourth-order valence-electron chi connectivity index (χ4n) is 2.17. The van der Waals surface area contributed by atoms with E-state index in [1.807, 2.05) is 0 Å². The molecule has 0 atom stereocenters. The standard InChI is InChI=1S/C14H16FNO4/c1-14(2,3)20-13(19)16-7-6-8-10(15)5-4-9(11(8)16)12(17)18/h4-5H,6-7H2,1-3H3,(H,17,18). The van der Waals surface area contributed by atoms with Gasteiger partial charge >= 0.3 is 12.1 Å². The lowest BCUT2D eigenvalue weighted by Crippen LogP contribution is -2.36. The molecular weight excluding hydrogens is 265 g/mol. The SMILES string of the molecule is CC(C)(C)OC(=O)N1CCc2c(F)ccc(C(=O)O)c21. The van der Waals surface area contributed by atoms with Crippen molar-refractivity contribution in [3.05, 3.63) is 29.1 Å². The third-order valence-corrected chi connectivity index (χ3v) is 2.93. The zero-order valence-electron chi connectivity index (χ0n) is 11.6. The molecule has 6 heteroatoms. The van der Waals surface area contributed by atoms with Crippen molar-refractivity contribution < 1.29 is 23.8 Å². The number of halogens is 1. The van der Waals surface area contributed by atoms with E-state index in [0.29, 0.717) is 0 Å². The van der Waals surface area contributed by atoms with Gasteiger partial charge in [-0.15, -0.1) is 0 Å². The van der Waals surface area contributed by atoms with Crippen LogP contribution in [-0.4, -0.2) is 29.3 Å². The van der Waals surface area contributed by atoms with Crippen molar-refractivity contribution in [2.75, 3.05) is 11.4 Å². The molecule has 1 aromatic carbocycles. The highest BCUT2D eigenvalue weighted by Gasteiger charge is 2.34. The van der Waals surface area contributed by atoms with E-state index in [2.05, 4.69) is 0 Å². The molecule has 1 aliphatic rings. The predicted octanol–water partition coefficient (Wildman–Crippen LogP) is 2.82. The second-order valence-electron chi connectivity index (χ2n) is 5.61. The van der Waals surface area contributed by atoms with E-state index in [1.165, 1.54) is 11.0 Å². The Bertz CT molecular complexity index is 577. The summed E-state index contributed by atoms with van der Waals surface area (Å²) < 4.78 is 19.0. The van der Waals surface area contributed by atoms with Crippen LogP contribution < -0.4 is 4.90 Å². The first-order chi connectivity index (χ1) is 9.20. The molecule has 0 bridgehead atoms. The van der Waals surface area contributed by atoms with Crippen LogP contribution in [0.25, 0.3) is 0 Å². The molecule has 2 rings (SSSR count). The van der Waals surface area contributed by atoms with Crippen LogP contribution in [0.15, 0.2) is 12.1 Å². The number of amides is 1. The molecule has 0 aromatic heterocycles. The minimum atomic E-state index is -1.20. The smallest absolute Gasteiger partial charge is 0.414 e. The fourth-order valence-corrected chi connectivity index (χ4v) is 2.17. The zero-order chi connectivity index (χ0) is 15.1. The average molecular weight is 281 g/mol. The van der Waals surface area contributed by atoms with Gasteiger partial charge in [0.2, 0.25) is 0 Å². The number of carbonyl (C=O) groups is 2. The van der Waals surface area contributed by atoms with Crippen LogP contribution in [-0.2, 0) is 11.2 Å². The van der Waals surface area contributed by atoms with Crippen molar-refractivity contribution in [2.24, 2.45) is 0 Å². The Hall–Kier alpha value is -2.11. The third-order valence-electron chi connectivity index (χ3n) is 2.93. The molecule has 5 nitrogen and oxygen atoms in total. The normalized spacial score (nSPS) is 14.1. The van der Waals surface area contributed by atoms with E-state index in [-0.39, 0.29) is 29.8 Å². The van der Waals surface area contributed by atoms with E-state index in [0.717, 1.165) is 6.07 Å². The van der Waals surface area contributed by atoms with Crippen LogP contribution in [0.4, 0.5) is 14.9 Å². The number of carboxylic acids is 1. The summed E-state index contributed by atoms with van der Waals surface area (Å²) in [4.78, 5) is 24.5. The maximum atomic E-state index is 13.7. The molecule has 0 spiro atoms. The molecule has 0 radical (unpaired) electrons. The van der Waals surface area contributed by atoms with Crippen molar-refractivity contribution in [3.8, 4) is 0 Å². The van der Waals surface area contributed by atoms with Crippen molar-refractivity contribution in [3.63, 3.8) is 0 Å². The molecule has 1 aromatic rings. The van der Waals surface area contributed by atoms with Crippen LogP contribution in [0.1, 0.15) is 36.7 Å². The van der Waals surface area contributed by atoms with Crippen LogP contribution in [0.2, 0.25) is 0 Å². The molecule has 0 unspecified atom stereocenters. The number of hydrogen-bond donors (Lipinski definition) is 1. The highest BCUT2D eigenvalue weighted by atomic mass is 19.1. The lowest BCUT2D eigenvalue weighted by Gasteiger charge is -2.25. The second kappa shape index (κ2) is 4.77. The quantitative estimate of drug-likeness (QED) is 0.859. The molecule has 1 aliphatic heterocycles. The monoisotopic (exact) mass is 281 g/mol. The molecule has 0 fully saturated rings. The Labute approximate surface area is 116 Å². The number of anilines is 1. The van der Waals surface area contributed by atoms with Gasteiger partial charge in [-0.2, -0.15) is 0 Å². The van der Waals surface area contributed by atoms with E-state index in [1.54, 1.807) is 20.8 Å². The summed E-state index contributed by atoms with van der Waals surface area (Å²) in [5.41, 5.74) is -0.441. The molecule has 1 amide bonds. The molecule has 0 aliphatic carbocycles. The summed E-state index contributed by atoms with van der Waals surface area (Å²) in [6.07, 6.45) is -0.383. The molecule has 1 N–H and O–H groups in total. The van der Waals surface area contributed by atoms with Gasteiger partial charge in [-0.1, -0.05) is 0 Å². The van der Waals surface area contributed by atoms with E-state index in [9.17, 15) is 19.1 Å². The Morgan fingerprint density at radius 1 is 1.35 bits per heavy atom. The maximum absolute atomic E-state index is 13.7. The van der Waals surface area contributed by atoms with E-state index < -0.39 is 23.5 Å². The van der Waals surface area contributed by atoms with Crippen LogP contribution in [0.3, 0.4) is 0 Å². The van der Waals surface area contributed by atoms with Crippen molar-refractivity contribution in [2.45, 2.75) is 32.8 Å². The van der Waals surface area contributed by atoms with Gasteiger partial charge in [0.25, 0.3) is 0 Å². The summed E-state index contributed by atoms with van der Waals surface area (Å²) in [5, 5.41) is 9.17. The molecule has 0 saturated heterocycles. The Morgan fingerprint density at radius 3 is 2.55 bits per heavy atom. The van der Waals surface area contributed by atoms with Crippen LogP contribution in [0, 0.1) is 5.82 Å². The number of ether oxygens (including phenoxy) is 1. The fraction of sp³-hybridized carbons (Fsp3) is 0.429. The summed E-state index contributed by atoms with van der Waals surface area (Å²) in [7, 11) is 0. The minimum Gasteiger partial charge on any atom is -0.478 e. The van der Waals surface area contributed by atoms with Crippen LogP contribution >= 0.6 is 0 Å². The largest absolute Gasteiger partial charge is 0.478 e. The summed E-state index contributed by atoms with van der Waals surface area (Å²) in [6.45, 7) is 5.36. The summed E-state index contributed by atoms with van der Waals surface area (Å²) in [5.74, 6) is -1.70. The van der Waals surface area contributed by atoms with E-state index in [4.69, 9.17) is 4.74 Å². The first kappa shape index (κ1) is 14.3. The maximum Gasteiger partial charge on any atom is 0.414 e. The molecule has 20 heavy (non-hydrogen) atoms. The van der Waals surface area contributed by atoms with Gasteiger partial charge in [0.1, 0.15) is 11.4 Å². The van der Waals surface area contributed by atoms with E-state index >= 15 is 0 Å².